The summed E-state index contributed by atoms with van der Waals surface area (Å²) in [4.78, 5) is 10.8. The highest BCUT2D eigenvalue weighted by molar-refractivity contribution is 5.65. The first-order valence-electron chi connectivity index (χ1n) is 5.65. The van der Waals surface area contributed by atoms with Gasteiger partial charge in [0.15, 0.2) is 11.6 Å². The van der Waals surface area contributed by atoms with E-state index in [0.717, 1.165) is 23.9 Å². The van der Waals surface area contributed by atoms with Crippen LogP contribution in [-0.4, -0.2) is 36.7 Å². The van der Waals surface area contributed by atoms with Crippen molar-refractivity contribution in [3.63, 3.8) is 0 Å². The van der Waals surface area contributed by atoms with Gasteiger partial charge >= 0.3 is 0 Å². The summed E-state index contributed by atoms with van der Waals surface area (Å²) in [6.45, 7) is 3.08. The van der Waals surface area contributed by atoms with Gasteiger partial charge in [-0.3, -0.25) is 0 Å². The summed E-state index contributed by atoms with van der Waals surface area (Å²) >= 11 is 0. The number of hydrogen-bond donors (Lipinski definition) is 1. The van der Waals surface area contributed by atoms with Gasteiger partial charge in [0.1, 0.15) is 6.33 Å². The number of ether oxygens (including phenoxy) is 1. The van der Waals surface area contributed by atoms with E-state index in [1.54, 1.807) is 13.4 Å². The van der Waals surface area contributed by atoms with E-state index in [4.69, 9.17) is 4.74 Å². The van der Waals surface area contributed by atoms with Crippen LogP contribution < -0.4 is 15.0 Å². The number of aromatic nitrogens is 2. The molecule has 0 bridgehead atoms. The second kappa shape index (κ2) is 4.55. The lowest BCUT2D eigenvalue weighted by molar-refractivity contribution is 0.412. The molecule has 2 rings (SSSR count). The molecule has 0 aromatic carbocycles. The van der Waals surface area contributed by atoms with Crippen LogP contribution in [0.4, 0.5) is 11.6 Å². The predicted octanol–water partition coefficient (Wildman–Crippen LogP) is 1.52. The standard InChI is InChI=1S/C11H18N4O/c1-4-15(8-5-6-8)11-9(16-3)10(12-2)13-7-14-11/h7-8H,4-6H2,1-3H3,(H,12,13,14). The van der Waals surface area contributed by atoms with E-state index in [1.165, 1.54) is 12.8 Å². The summed E-state index contributed by atoms with van der Waals surface area (Å²) in [6, 6.07) is 0.624. The maximum Gasteiger partial charge on any atom is 0.204 e. The minimum Gasteiger partial charge on any atom is -0.490 e. The molecule has 1 saturated carbocycles. The Kier molecular flexibility index (Phi) is 3.12. The largest absolute Gasteiger partial charge is 0.490 e. The van der Waals surface area contributed by atoms with Gasteiger partial charge < -0.3 is 15.0 Å². The molecule has 1 heterocycles. The zero-order chi connectivity index (χ0) is 11.5. The molecule has 0 amide bonds. The monoisotopic (exact) mass is 222 g/mol. The summed E-state index contributed by atoms with van der Waals surface area (Å²) in [7, 11) is 3.49. The van der Waals surface area contributed by atoms with Crippen molar-refractivity contribution in [3.8, 4) is 5.75 Å². The van der Waals surface area contributed by atoms with Crippen LogP contribution in [0.25, 0.3) is 0 Å². The molecule has 5 nitrogen and oxygen atoms in total. The Bertz CT molecular complexity index is 365. The van der Waals surface area contributed by atoms with Crippen LogP contribution in [0.15, 0.2) is 6.33 Å². The van der Waals surface area contributed by atoms with Crippen molar-refractivity contribution < 1.29 is 4.74 Å². The fourth-order valence-electron chi connectivity index (χ4n) is 1.90. The van der Waals surface area contributed by atoms with Gasteiger partial charge in [-0.2, -0.15) is 0 Å². The summed E-state index contributed by atoms with van der Waals surface area (Å²) in [5.74, 6) is 2.37. The van der Waals surface area contributed by atoms with Crippen LogP contribution in [0.3, 0.4) is 0 Å². The van der Waals surface area contributed by atoms with Crippen molar-refractivity contribution in [1.29, 1.82) is 0 Å². The number of hydrogen-bond acceptors (Lipinski definition) is 5. The fraction of sp³-hybridized carbons (Fsp3) is 0.636. The highest BCUT2D eigenvalue weighted by atomic mass is 16.5. The van der Waals surface area contributed by atoms with E-state index in [1.807, 2.05) is 7.05 Å². The predicted molar refractivity (Wildman–Crippen MR) is 64.2 cm³/mol. The fourth-order valence-corrected chi connectivity index (χ4v) is 1.90. The normalized spacial score (nSPS) is 14.7. The number of anilines is 2. The molecule has 1 N–H and O–H groups in total. The molecule has 0 unspecified atom stereocenters. The third-order valence-corrected chi connectivity index (χ3v) is 2.83. The first-order valence-corrected chi connectivity index (χ1v) is 5.65. The molecule has 1 aromatic rings. The summed E-state index contributed by atoms with van der Waals surface area (Å²) in [5.41, 5.74) is 0. The molecule has 0 spiro atoms. The van der Waals surface area contributed by atoms with Gasteiger partial charge in [-0.25, -0.2) is 9.97 Å². The molecular weight excluding hydrogens is 204 g/mol. The third kappa shape index (κ3) is 1.89. The SMILES string of the molecule is CCN(c1ncnc(NC)c1OC)C1CC1. The van der Waals surface area contributed by atoms with Gasteiger partial charge in [0.05, 0.1) is 7.11 Å². The number of methoxy groups -OCH3 is 1. The van der Waals surface area contributed by atoms with E-state index in [0.29, 0.717) is 6.04 Å². The van der Waals surface area contributed by atoms with Crippen LogP contribution in [0, 0.1) is 0 Å². The van der Waals surface area contributed by atoms with Crippen LogP contribution in [0.2, 0.25) is 0 Å². The Morgan fingerprint density at radius 2 is 2.25 bits per heavy atom. The van der Waals surface area contributed by atoms with E-state index in [9.17, 15) is 0 Å². The van der Waals surface area contributed by atoms with E-state index in [-0.39, 0.29) is 0 Å². The smallest absolute Gasteiger partial charge is 0.204 e. The Morgan fingerprint density at radius 3 is 2.75 bits per heavy atom. The molecule has 1 aromatic heterocycles. The van der Waals surface area contributed by atoms with E-state index in [2.05, 4.69) is 27.1 Å². The van der Waals surface area contributed by atoms with Crippen molar-refractivity contribution in [3.05, 3.63) is 6.33 Å². The molecule has 0 saturated heterocycles. The van der Waals surface area contributed by atoms with Crippen molar-refractivity contribution >= 4 is 11.6 Å². The van der Waals surface area contributed by atoms with Crippen molar-refractivity contribution in [2.75, 3.05) is 30.9 Å². The maximum absolute atomic E-state index is 5.40. The van der Waals surface area contributed by atoms with Crippen LogP contribution in [-0.2, 0) is 0 Å². The third-order valence-electron chi connectivity index (χ3n) is 2.83. The Labute approximate surface area is 95.8 Å². The molecule has 5 heteroatoms. The van der Waals surface area contributed by atoms with Crippen molar-refractivity contribution in [2.24, 2.45) is 0 Å². The molecule has 0 atom stereocenters. The van der Waals surface area contributed by atoms with E-state index >= 15 is 0 Å². The highest BCUT2D eigenvalue weighted by Gasteiger charge is 2.31. The summed E-state index contributed by atoms with van der Waals surface area (Å²) < 4.78 is 5.40. The highest BCUT2D eigenvalue weighted by Crippen LogP contribution is 2.37. The molecule has 0 radical (unpaired) electrons. The minimum absolute atomic E-state index is 0.624. The molecule has 88 valence electrons. The number of nitrogens with zero attached hydrogens (tertiary/aromatic N) is 3. The van der Waals surface area contributed by atoms with Gasteiger partial charge in [0.2, 0.25) is 5.75 Å². The summed E-state index contributed by atoms with van der Waals surface area (Å²) in [6.07, 6.45) is 4.07. The second-order valence-corrected chi connectivity index (χ2v) is 3.85. The van der Waals surface area contributed by atoms with E-state index < -0.39 is 0 Å². The molecule has 0 aliphatic heterocycles. The summed E-state index contributed by atoms with van der Waals surface area (Å²) in [5, 5.41) is 3.02. The molecule has 1 aliphatic rings. The first-order chi connectivity index (χ1) is 7.81. The lowest BCUT2D eigenvalue weighted by Gasteiger charge is -2.23. The molecule has 1 aliphatic carbocycles. The topological polar surface area (TPSA) is 50.3 Å². The molecular formula is C11H18N4O. The average molecular weight is 222 g/mol. The maximum atomic E-state index is 5.40. The van der Waals surface area contributed by atoms with Crippen LogP contribution in [0.1, 0.15) is 19.8 Å². The van der Waals surface area contributed by atoms with Gasteiger partial charge in [-0.15, -0.1) is 0 Å². The number of nitrogens with one attached hydrogen (secondary N) is 1. The lowest BCUT2D eigenvalue weighted by atomic mass is 10.4. The van der Waals surface area contributed by atoms with Crippen LogP contribution >= 0.6 is 0 Å². The molecule has 1 fully saturated rings. The second-order valence-electron chi connectivity index (χ2n) is 3.85. The molecule has 16 heavy (non-hydrogen) atoms. The minimum atomic E-state index is 0.624. The number of rotatable bonds is 5. The zero-order valence-electron chi connectivity index (χ0n) is 10.0. The van der Waals surface area contributed by atoms with Crippen molar-refractivity contribution in [2.45, 2.75) is 25.8 Å². The quantitative estimate of drug-likeness (QED) is 0.818. The Morgan fingerprint density at radius 1 is 1.50 bits per heavy atom. The van der Waals surface area contributed by atoms with Gasteiger partial charge in [0.25, 0.3) is 0 Å². The van der Waals surface area contributed by atoms with Crippen molar-refractivity contribution in [1.82, 2.24) is 9.97 Å². The first kappa shape index (κ1) is 11.0. The van der Waals surface area contributed by atoms with Gasteiger partial charge in [-0.1, -0.05) is 0 Å². The Hall–Kier alpha value is -1.52. The Balaban J connectivity index is 2.37. The van der Waals surface area contributed by atoms with Gasteiger partial charge in [0, 0.05) is 19.6 Å². The zero-order valence-corrected chi connectivity index (χ0v) is 10.0. The average Bonchev–Trinajstić information content (AvgIpc) is 3.14. The lowest BCUT2D eigenvalue weighted by Crippen LogP contribution is -2.26. The van der Waals surface area contributed by atoms with Gasteiger partial charge in [-0.05, 0) is 19.8 Å². The van der Waals surface area contributed by atoms with Crippen LogP contribution in [0.5, 0.6) is 5.75 Å².